The van der Waals surface area contributed by atoms with Crippen LogP contribution in [-0.2, 0) is 11.3 Å². The summed E-state index contributed by atoms with van der Waals surface area (Å²) in [6.07, 6.45) is 4.95. The summed E-state index contributed by atoms with van der Waals surface area (Å²) in [5.74, 6) is 1.48. The number of hydrogen-bond donors (Lipinski definition) is 2. The lowest BCUT2D eigenvalue weighted by atomic mass is 9.78. The molecule has 1 aromatic rings. The number of hydrogen-bond acceptors (Lipinski definition) is 3. The van der Waals surface area contributed by atoms with Crippen LogP contribution in [0.5, 0.6) is 5.75 Å². The highest BCUT2D eigenvalue weighted by molar-refractivity contribution is 5.90. The van der Waals surface area contributed by atoms with Crippen molar-refractivity contribution >= 4 is 17.6 Å². The van der Waals surface area contributed by atoms with Crippen LogP contribution in [0.3, 0.4) is 0 Å². The summed E-state index contributed by atoms with van der Waals surface area (Å²) < 4.78 is 5.32. The Morgan fingerprint density at radius 1 is 1.41 bits per heavy atom. The van der Waals surface area contributed by atoms with Crippen molar-refractivity contribution in [2.24, 2.45) is 10.4 Å². The number of amides is 1. The van der Waals surface area contributed by atoms with Crippen molar-refractivity contribution in [1.82, 2.24) is 10.2 Å². The molecule has 1 unspecified atom stereocenters. The lowest BCUT2D eigenvalue weighted by Gasteiger charge is -2.42. The predicted octanol–water partition coefficient (Wildman–Crippen LogP) is 3.63. The molecule has 2 rings (SSSR count). The van der Waals surface area contributed by atoms with Crippen molar-refractivity contribution in [3.63, 3.8) is 0 Å². The molecule has 150 valence electrons. The normalized spacial score (nSPS) is 20.3. The molecule has 0 radical (unpaired) electrons. The highest BCUT2D eigenvalue weighted by atomic mass is 16.5. The molecule has 0 bridgehead atoms. The number of rotatable bonds is 6. The third-order valence-electron chi connectivity index (χ3n) is 5.17. The third-order valence-corrected chi connectivity index (χ3v) is 5.17. The molecule has 6 heteroatoms. The van der Waals surface area contributed by atoms with E-state index >= 15 is 0 Å². The molecular weight excluding hydrogens is 340 g/mol. The summed E-state index contributed by atoms with van der Waals surface area (Å²) in [6.45, 7) is 8.87. The maximum atomic E-state index is 11.4. The summed E-state index contributed by atoms with van der Waals surface area (Å²) >= 11 is 0. The molecule has 6 nitrogen and oxygen atoms in total. The lowest BCUT2D eigenvalue weighted by Crippen LogP contribution is -2.49. The molecule has 1 fully saturated rings. The van der Waals surface area contributed by atoms with Crippen molar-refractivity contribution in [1.29, 1.82) is 0 Å². The van der Waals surface area contributed by atoms with E-state index in [9.17, 15) is 4.79 Å². The Labute approximate surface area is 163 Å². The number of anilines is 1. The first-order valence-electron chi connectivity index (χ1n) is 9.81. The Morgan fingerprint density at radius 2 is 2.19 bits per heavy atom. The van der Waals surface area contributed by atoms with E-state index in [0.717, 1.165) is 24.6 Å². The van der Waals surface area contributed by atoms with Gasteiger partial charge in [-0.25, -0.2) is 0 Å². The zero-order valence-electron chi connectivity index (χ0n) is 17.4. The number of aliphatic imine (C=N–C) groups is 1. The Hall–Kier alpha value is -2.24. The topological polar surface area (TPSA) is 66.0 Å². The van der Waals surface area contributed by atoms with Gasteiger partial charge in [0.25, 0.3) is 0 Å². The van der Waals surface area contributed by atoms with E-state index in [-0.39, 0.29) is 5.91 Å². The zero-order valence-corrected chi connectivity index (χ0v) is 17.4. The van der Waals surface area contributed by atoms with Gasteiger partial charge in [-0.3, -0.25) is 9.79 Å². The van der Waals surface area contributed by atoms with Crippen LogP contribution in [0.15, 0.2) is 23.2 Å². The molecule has 1 atom stereocenters. The fourth-order valence-electron chi connectivity index (χ4n) is 3.97. The number of benzene rings is 1. The second-order valence-electron chi connectivity index (χ2n) is 7.70. The summed E-state index contributed by atoms with van der Waals surface area (Å²) in [5, 5.41) is 6.30. The molecule has 0 saturated carbocycles. The molecule has 1 aromatic carbocycles. The maximum Gasteiger partial charge on any atom is 0.221 e. The highest BCUT2D eigenvalue weighted by Crippen LogP contribution is 2.34. The van der Waals surface area contributed by atoms with Gasteiger partial charge in [0.2, 0.25) is 5.91 Å². The molecule has 2 N–H and O–H groups in total. The number of carbonyl (C=O) groups excluding carboxylic acids is 1. The SMILES string of the molecule is CCCC1(C)CCCN(C(=NC)NCc2ccc(OC)c(NC(C)=O)c2)C1. The summed E-state index contributed by atoms with van der Waals surface area (Å²) in [5.41, 5.74) is 2.12. The molecule has 0 spiro atoms. The quantitative estimate of drug-likeness (QED) is 0.589. The number of carbonyl (C=O) groups is 1. The van der Waals surface area contributed by atoms with Crippen LogP contribution >= 0.6 is 0 Å². The van der Waals surface area contributed by atoms with Crippen LogP contribution in [0.25, 0.3) is 0 Å². The second-order valence-corrected chi connectivity index (χ2v) is 7.70. The van der Waals surface area contributed by atoms with Gasteiger partial charge in [0, 0.05) is 33.6 Å². The largest absolute Gasteiger partial charge is 0.495 e. The minimum Gasteiger partial charge on any atom is -0.495 e. The van der Waals surface area contributed by atoms with E-state index in [1.165, 1.54) is 32.6 Å². The van der Waals surface area contributed by atoms with Gasteiger partial charge in [-0.05, 0) is 42.4 Å². The average molecular weight is 375 g/mol. The minimum atomic E-state index is -0.113. The van der Waals surface area contributed by atoms with Crippen molar-refractivity contribution in [2.45, 2.75) is 53.0 Å². The smallest absolute Gasteiger partial charge is 0.221 e. The van der Waals surface area contributed by atoms with Crippen molar-refractivity contribution < 1.29 is 9.53 Å². The van der Waals surface area contributed by atoms with Crippen molar-refractivity contribution in [3.05, 3.63) is 23.8 Å². The van der Waals surface area contributed by atoms with Gasteiger partial charge in [0.15, 0.2) is 5.96 Å². The van der Waals surface area contributed by atoms with Crippen LogP contribution in [-0.4, -0.2) is 44.0 Å². The Bertz CT molecular complexity index is 670. The van der Waals surface area contributed by atoms with E-state index in [4.69, 9.17) is 4.74 Å². The molecule has 0 aliphatic carbocycles. The van der Waals surface area contributed by atoms with Gasteiger partial charge in [0.05, 0.1) is 12.8 Å². The molecule has 1 aliphatic heterocycles. The summed E-state index contributed by atoms with van der Waals surface area (Å²) in [6, 6.07) is 5.82. The number of nitrogens with zero attached hydrogens (tertiary/aromatic N) is 2. The Kier molecular flexibility index (Phi) is 7.51. The van der Waals surface area contributed by atoms with Crippen molar-refractivity contribution in [3.8, 4) is 5.75 Å². The first-order valence-corrected chi connectivity index (χ1v) is 9.81. The number of methoxy groups -OCH3 is 1. The van der Waals surface area contributed by atoms with E-state index in [1.807, 2.05) is 25.2 Å². The van der Waals surface area contributed by atoms with Gasteiger partial charge in [-0.1, -0.05) is 26.3 Å². The van der Waals surface area contributed by atoms with Gasteiger partial charge in [0.1, 0.15) is 5.75 Å². The predicted molar refractivity (Wildman–Crippen MR) is 111 cm³/mol. The first-order chi connectivity index (χ1) is 12.9. The first kappa shape index (κ1) is 21.1. The molecular formula is C21H34N4O2. The monoisotopic (exact) mass is 374 g/mol. The van der Waals surface area contributed by atoms with Crippen LogP contribution in [0.2, 0.25) is 0 Å². The number of piperidine rings is 1. The standard InChI is InChI=1S/C21H34N4O2/c1-6-10-21(3)11-7-12-25(15-21)20(22-4)23-14-17-8-9-19(27-5)18(13-17)24-16(2)26/h8-9,13H,6-7,10-12,14-15H2,1-5H3,(H,22,23)(H,24,26). The fourth-order valence-corrected chi connectivity index (χ4v) is 3.97. The number of ether oxygens (including phenoxy) is 1. The molecule has 27 heavy (non-hydrogen) atoms. The van der Waals surface area contributed by atoms with E-state index in [1.54, 1.807) is 7.11 Å². The van der Waals surface area contributed by atoms with Crippen molar-refractivity contribution in [2.75, 3.05) is 32.6 Å². The second kappa shape index (κ2) is 9.62. The molecule has 1 amide bonds. The van der Waals surface area contributed by atoms with Crippen LogP contribution in [0, 0.1) is 5.41 Å². The number of likely N-dealkylation sites (tertiary alicyclic amines) is 1. The molecule has 1 heterocycles. The third kappa shape index (κ3) is 5.88. The van der Waals surface area contributed by atoms with Crippen LogP contribution < -0.4 is 15.4 Å². The lowest BCUT2D eigenvalue weighted by molar-refractivity contribution is -0.114. The van der Waals surface area contributed by atoms with Gasteiger partial charge in [-0.2, -0.15) is 0 Å². The van der Waals surface area contributed by atoms with Gasteiger partial charge in [-0.15, -0.1) is 0 Å². The number of nitrogens with one attached hydrogen (secondary N) is 2. The summed E-state index contributed by atoms with van der Waals surface area (Å²) in [4.78, 5) is 18.3. The Morgan fingerprint density at radius 3 is 2.81 bits per heavy atom. The van der Waals surface area contributed by atoms with E-state index in [0.29, 0.717) is 23.4 Å². The van der Waals surface area contributed by atoms with Crippen LogP contribution in [0.1, 0.15) is 52.0 Å². The minimum absolute atomic E-state index is 0.113. The van der Waals surface area contributed by atoms with E-state index in [2.05, 4.69) is 34.4 Å². The van der Waals surface area contributed by atoms with Gasteiger partial charge >= 0.3 is 0 Å². The average Bonchev–Trinajstić information content (AvgIpc) is 2.62. The molecule has 1 aliphatic rings. The number of guanidine groups is 1. The summed E-state index contributed by atoms with van der Waals surface area (Å²) in [7, 11) is 3.44. The van der Waals surface area contributed by atoms with Gasteiger partial charge < -0.3 is 20.3 Å². The zero-order chi connectivity index (χ0) is 19.9. The maximum absolute atomic E-state index is 11.4. The molecule has 0 aromatic heterocycles. The highest BCUT2D eigenvalue weighted by Gasteiger charge is 2.31. The van der Waals surface area contributed by atoms with Crippen LogP contribution in [0.4, 0.5) is 5.69 Å². The van der Waals surface area contributed by atoms with E-state index < -0.39 is 0 Å². The Balaban J connectivity index is 2.04. The fraction of sp³-hybridized carbons (Fsp3) is 0.619. The molecule has 1 saturated heterocycles.